The number of carbonyl (C=O) groups excluding carboxylic acids is 1. The topological polar surface area (TPSA) is 77.4 Å². The molecule has 1 amide bonds. The number of amides is 1. The third-order valence-electron chi connectivity index (χ3n) is 6.53. The monoisotopic (exact) mass is 472 g/mol. The summed E-state index contributed by atoms with van der Waals surface area (Å²) in [5.74, 6) is 0.651. The normalized spacial score (nSPS) is 14.6. The number of nitrogens with zero attached hydrogens (tertiary/aromatic N) is 3. The summed E-state index contributed by atoms with van der Waals surface area (Å²) in [6, 6.07) is 19.3. The number of oxime groups is 1. The molecule has 3 aromatic carbocycles. The largest absolute Gasteiger partial charge is 0.495 e. The molecule has 1 aliphatic heterocycles. The first-order chi connectivity index (χ1) is 16.9. The molecule has 0 spiro atoms. The second kappa shape index (κ2) is 10.6. The first-order valence-corrected chi connectivity index (χ1v) is 11.7. The van der Waals surface area contributed by atoms with Gasteiger partial charge in [-0.15, -0.1) is 0 Å². The number of ether oxygens (including phenoxy) is 1. The van der Waals surface area contributed by atoms with Crippen molar-refractivity contribution in [2.75, 3.05) is 50.6 Å². The highest BCUT2D eigenvalue weighted by Gasteiger charge is 2.19. The second-order valence-corrected chi connectivity index (χ2v) is 8.92. The second-order valence-electron chi connectivity index (χ2n) is 8.92. The van der Waals surface area contributed by atoms with Crippen molar-refractivity contribution in [1.82, 2.24) is 4.90 Å². The third-order valence-corrected chi connectivity index (χ3v) is 6.53. The minimum absolute atomic E-state index is 0.153. The zero-order chi connectivity index (χ0) is 24.9. The molecule has 1 heterocycles. The molecule has 0 saturated carbocycles. The Morgan fingerprint density at radius 2 is 1.66 bits per heavy atom. The Balaban J connectivity index is 1.51. The van der Waals surface area contributed by atoms with Crippen molar-refractivity contribution >= 4 is 23.0 Å². The lowest BCUT2D eigenvalue weighted by Gasteiger charge is -2.35. The van der Waals surface area contributed by atoms with Crippen molar-refractivity contribution in [2.24, 2.45) is 5.16 Å². The van der Waals surface area contributed by atoms with Gasteiger partial charge in [-0.05, 0) is 73.5 Å². The summed E-state index contributed by atoms with van der Waals surface area (Å²) in [6.07, 6.45) is 0. The van der Waals surface area contributed by atoms with E-state index in [9.17, 15) is 4.79 Å². The van der Waals surface area contributed by atoms with Gasteiger partial charge in [-0.2, -0.15) is 0 Å². The van der Waals surface area contributed by atoms with Crippen LogP contribution in [0.3, 0.4) is 0 Å². The predicted molar refractivity (Wildman–Crippen MR) is 141 cm³/mol. The van der Waals surface area contributed by atoms with Gasteiger partial charge >= 0.3 is 0 Å². The Bertz CT molecular complexity index is 1230. The summed E-state index contributed by atoms with van der Waals surface area (Å²) in [4.78, 5) is 17.7. The Hall–Kier alpha value is -3.84. The molecule has 0 aliphatic carbocycles. The lowest BCUT2D eigenvalue weighted by Crippen LogP contribution is -2.44. The van der Waals surface area contributed by atoms with E-state index in [-0.39, 0.29) is 5.91 Å². The fourth-order valence-electron chi connectivity index (χ4n) is 4.34. The zero-order valence-corrected chi connectivity index (χ0v) is 20.7. The minimum atomic E-state index is -0.153. The first kappa shape index (κ1) is 24.3. The standard InChI is InChI=1S/C28H32N4O3/c1-19-17-23(9-11-25(19)22-7-5-21(6-8-22)20(2)30-34)28(33)29-24-10-12-27(35-4)26(18-24)32-15-13-31(3)14-16-32/h5-12,17-18,34H,13-16H2,1-4H3,(H,29,33). The van der Waals surface area contributed by atoms with Crippen LogP contribution < -0.4 is 15.0 Å². The van der Waals surface area contributed by atoms with Gasteiger partial charge in [0.2, 0.25) is 0 Å². The van der Waals surface area contributed by atoms with Crippen LogP contribution in [-0.2, 0) is 0 Å². The minimum Gasteiger partial charge on any atom is -0.495 e. The Morgan fingerprint density at radius 3 is 2.29 bits per heavy atom. The van der Waals surface area contributed by atoms with E-state index in [1.807, 2.05) is 67.6 Å². The van der Waals surface area contributed by atoms with Gasteiger partial charge < -0.3 is 25.1 Å². The van der Waals surface area contributed by atoms with Crippen molar-refractivity contribution < 1.29 is 14.7 Å². The van der Waals surface area contributed by atoms with Gasteiger partial charge in [0, 0.05) is 37.4 Å². The molecule has 0 aromatic heterocycles. The van der Waals surface area contributed by atoms with Gasteiger partial charge in [0.25, 0.3) is 5.91 Å². The first-order valence-electron chi connectivity index (χ1n) is 11.7. The number of likely N-dealkylation sites (N-methyl/N-ethyl adjacent to an activating group) is 1. The number of hydrogen-bond donors (Lipinski definition) is 2. The van der Waals surface area contributed by atoms with E-state index >= 15 is 0 Å². The summed E-state index contributed by atoms with van der Waals surface area (Å²) in [7, 11) is 3.80. The van der Waals surface area contributed by atoms with E-state index in [1.54, 1.807) is 14.0 Å². The number of anilines is 2. The summed E-state index contributed by atoms with van der Waals surface area (Å²) >= 11 is 0. The maximum absolute atomic E-state index is 13.1. The average Bonchev–Trinajstić information content (AvgIpc) is 2.88. The molecule has 35 heavy (non-hydrogen) atoms. The van der Waals surface area contributed by atoms with Gasteiger partial charge in [-0.1, -0.05) is 35.5 Å². The third kappa shape index (κ3) is 5.46. The number of benzene rings is 3. The molecule has 7 nitrogen and oxygen atoms in total. The van der Waals surface area contributed by atoms with Crippen molar-refractivity contribution in [3.63, 3.8) is 0 Å². The highest BCUT2D eigenvalue weighted by Crippen LogP contribution is 2.32. The molecule has 7 heteroatoms. The quantitative estimate of drug-likeness (QED) is 0.304. The van der Waals surface area contributed by atoms with Crippen molar-refractivity contribution in [3.8, 4) is 16.9 Å². The molecule has 4 rings (SSSR count). The number of rotatable bonds is 6. The number of aryl methyl sites for hydroxylation is 1. The van der Waals surface area contributed by atoms with Gasteiger partial charge in [-0.3, -0.25) is 4.79 Å². The van der Waals surface area contributed by atoms with E-state index in [4.69, 9.17) is 9.94 Å². The highest BCUT2D eigenvalue weighted by molar-refractivity contribution is 6.05. The lowest BCUT2D eigenvalue weighted by atomic mass is 9.97. The van der Waals surface area contributed by atoms with Crippen LogP contribution >= 0.6 is 0 Å². The molecule has 3 aromatic rings. The van der Waals surface area contributed by atoms with E-state index in [0.717, 1.165) is 65.6 Å². The van der Waals surface area contributed by atoms with Crippen molar-refractivity contribution in [1.29, 1.82) is 0 Å². The van der Waals surface area contributed by atoms with E-state index in [2.05, 4.69) is 27.3 Å². The highest BCUT2D eigenvalue weighted by atomic mass is 16.5. The molecule has 0 atom stereocenters. The lowest BCUT2D eigenvalue weighted by molar-refractivity contribution is 0.102. The molecular formula is C28H32N4O3. The smallest absolute Gasteiger partial charge is 0.255 e. The average molecular weight is 473 g/mol. The van der Waals surface area contributed by atoms with E-state index < -0.39 is 0 Å². The number of hydrogen-bond acceptors (Lipinski definition) is 6. The maximum atomic E-state index is 13.1. The van der Waals surface area contributed by atoms with Gasteiger partial charge in [0.15, 0.2) is 0 Å². The van der Waals surface area contributed by atoms with Crippen molar-refractivity contribution in [2.45, 2.75) is 13.8 Å². The van der Waals surface area contributed by atoms with Gasteiger partial charge in [0.1, 0.15) is 5.75 Å². The van der Waals surface area contributed by atoms with Gasteiger partial charge in [0.05, 0.1) is 18.5 Å². The molecule has 2 N–H and O–H groups in total. The molecule has 0 radical (unpaired) electrons. The number of nitrogens with one attached hydrogen (secondary N) is 1. The molecule has 0 unspecified atom stereocenters. The van der Waals surface area contributed by atoms with Gasteiger partial charge in [-0.25, -0.2) is 0 Å². The van der Waals surface area contributed by atoms with Crippen LogP contribution in [0.15, 0.2) is 65.8 Å². The summed E-state index contributed by atoms with van der Waals surface area (Å²) in [5.41, 5.74) is 6.85. The molecule has 0 bridgehead atoms. The summed E-state index contributed by atoms with van der Waals surface area (Å²) < 4.78 is 5.58. The maximum Gasteiger partial charge on any atom is 0.255 e. The molecule has 1 aliphatic rings. The molecule has 1 fully saturated rings. The Kier molecular flexibility index (Phi) is 7.36. The number of piperazine rings is 1. The predicted octanol–water partition coefficient (Wildman–Crippen LogP) is 4.87. The zero-order valence-electron chi connectivity index (χ0n) is 20.7. The summed E-state index contributed by atoms with van der Waals surface area (Å²) in [5, 5.41) is 15.3. The number of carbonyl (C=O) groups is 1. The van der Waals surface area contributed by atoms with Crippen LogP contribution in [-0.4, -0.2) is 62.1 Å². The fraction of sp³-hybridized carbons (Fsp3) is 0.286. The van der Waals surface area contributed by atoms with E-state index in [0.29, 0.717) is 11.3 Å². The van der Waals surface area contributed by atoms with E-state index in [1.165, 1.54) is 0 Å². The molecule has 182 valence electrons. The number of methoxy groups -OCH3 is 1. The summed E-state index contributed by atoms with van der Waals surface area (Å²) in [6.45, 7) is 7.56. The molecule has 1 saturated heterocycles. The Morgan fingerprint density at radius 1 is 0.971 bits per heavy atom. The fourth-order valence-corrected chi connectivity index (χ4v) is 4.34. The van der Waals surface area contributed by atoms with Crippen LogP contribution in [0.4, 0.5) is 11.4 Å². The van der Waals surface area contributed by atoms with Crippen LogP contribution in [0.1, 0.15) is 28.4 Å². The van der Waals surface area contributed by atoms with Crippen LogP contribution in [0, 0.1) is 6.92 Å². The van der Waals surface area contributed by atoms with Crippen LogP contribution in [0.5, 0.6) is 5.75 Å². The van der Waals surface area contributed by atoms with Crippen molar-refractivity contribution in [3.05, 3.63) is 77.4 Å². The van der Waals surface area contributed by atoms with Crippen LogP contribution in [0.2, 0.25) is 0 Å². The SMILES string of the molecule is COc1ccc(NC(=O)c2ccc(-c3ccc(C(C)=NO)cc3)c(C)c2)cc1N1CCN(C)CC1. The van der Waals surface area contributed by atoms with Crippen LogP contribution in [0.25, 0.3) is 11.1 Å². The molecular weight excluding hydrogens is 440 g/mol. The Labute approximate surface area is 206 Å².